The monoisotopic (exact) mass is 344 g/mol. The van der Waals surface area contributed by atoms with Gasteiger partial charge in [-0.25, -0.2) is 0 Å². The largest absolute Gasteiger partial charge is 0.319 e. The summed E-state index contributed by atoms with van der Waals surface area (Å²) in [6, 6.07) is 3.46. The molecule has 0 saturated heterocycles. The van der Waals surface area contributed by atoms with Crippen LogP contribution < -0.4 is 4.68 Å². The highest BCUT2D eigenvalue weighted by Gasteiger charge is 2.29. The summed E-state index contributed by atoms with van der Waals surface area (Å²) >= 11 is 18.8. The lowest BCUT2D eigenvalue weighted by Gasteiger charge is -2.11. The highest BCUT2D eigenvalue weighted by atomic mass is 35.5. The van der Waals surface area contributed by atoms with Gasteiger partial charge in [-0.1, -0.05) is 41.7 Å². The fourth-order valence-electron chi connectivity index (χ4n) is 2.86. The number of aryl methyl sites for hydroxylation is 2. The van der Waals surface area contributed by atoms with Crippen LogP contribution in [0.4, 0.5) is 0 Å². The van der Waals surface area contributed by atoms with E-state index in [1.165, 1.54) is 12.8 Å². The van der Waals surface area contributed by atoms with Gasteiger partial charge in [-0.2, -0.15) is 0 Å². The van der Waals surface area contributed by atoms with Crippen LogP contribution in [0.5, 0.6) is 0 Å². The predicted octanol–water partition coefficient (Wildman–Crippen LogP) is 4.41. The van der Waals surface area contributed by atoms with Gasteiger partial charge in [-0.15, -0.1) is 9.36 Å². The number of hydrogen-bond acceptors (Lipinski definition) is 1. The minimum absolute atomic E-state index is 0.544. The van der Waals surface area contributed by atoms with Crippen molar-refractivity contribution in [2.75, 3.05) is 0 Å². The molecule has 0 unspecified atom stereocenters. The van der Waals surface area contributed by atoms with Gasteiger partial charge in [-0.05, 0) is 36.4 Å². The quantitative estimate of drug-likeness (QED) is 0.739. The van der Waals surface area contributed by atoms with Gasteiger partial charge in [0, 0.05) is 11.4 Å². The fourth-order valence-corrected chi connectivity index (χ4v) is 3.84. The first-order chi connectivity index (χ1) is 10.1. The zero-order valence-electron chi connectivity index (χ0n) is 11.9. The highest BCUT2D eigenvalue weighted by Crippen LogP contribution is 2.32. The number of halogens is 3. The lowest BCUT2D eigenvalue weighted by molar-refractivity contribution is -0.773. The highest BCUT2D eigenvalue weighted by molar-refractivity contribution is 6.40. The third-order valence-corrected chi connectivity index (χ3v) is 4.62. The topological polar surface area (TPSA) is 21.7 Å². The molecule has 2 heterocycles. The van der Waals surface area contributed by atoms with Crippen molar-refractivity contribution in [1.82, 2.24) is 9.67 Å². The van der Waals surface area contributed by atoms with E-state index in [2.05, 4.69) is 16.3 Å². The number of rotatable bonds is 2. The van der Waals surface area contributed by atoms with Crippen LogP contribution in [0.15, 0.2) is 12.1 Å². The molecule has 1 aliphatic heterocycles. The molecule has 1 aromatic carbocycles. The van der Waals surface area contributed by atoms with E-state index in [0.717, 1.165) is 43.1 Å². The standard InChI is InChI=1S/C15H17Cl3N3/c1-2-13-19-14-6-4-3-5-7-20(14)21(13)15-11(17)8-10(16)9-12(15)18/h8-9H,2-7H2,1H3/q+1. The van der Waals surface area contributed by atoms with E-state index in [9.17, 15) is 0 Å². The molecule has 0 bridgehead atoms. The second-order valence-corrected chi connectivity index (χ2v) is 6.51. The Morgan fingerprint density at radius 1 is 1.14 bits per heavy atom. The first-order valence-corrected chi connectivity index (χ1v) is 8.40. The van der Waals surface area contributed by atoms with E-state index in [1.54, 1.807) is 12.1 Å². The number of nitrogens with zero attached hydrogens (tertiary/aromatic N) is 3. The summed E-state index contributed by atoms with van der Waals surface area (Å²) in [5.41, 5.74) is 0.778. The molecule has 0 saturated carbocycles. The molecular weight excluding hydrogens is 329 g/mol. The van der Waals surface area contributed by atoms with Crippen LogP contribution in [0.2, 0.25) is 15.1 Å². The van der Waals surface area contributed by atoms with Gasteiger partial charge in [0.2, 0.25) is 0 Å². The number of fused-ring (bicyclic) bond motifs is 1. The first-order valence-electron chi connectivity index (χ1n) is 7.27. The van der Waals surface area contributed by atoms with Crippen LogP contribution >= 0.6 is 34.8 Å². The van der Waals surface area contributed by atoms with Gasteiger partial charge < -0.3 is 0 Å². The van der Waals surface area contributed by atoms with E-state index >= 15 is 0 Å². The van der Waals surface area contributed by atoms with Crippen LogP contribution in [-0.2, 0) is 19.4 Å². The van der Waals surface area contributed by atoms with E-state index < -0.39 is 0 Å². The van der Waals surface area contributed by atoms with Crippen molar-refractivity contribution in [2.24, 2.45) is 0 Å². The zero-order valence-corrected chi connectivity index (χ0v) is 14.1. The van der Waals surface area contributed by atoms with Crippen molar-refractivity contribution >= 4 is 34.8 Å². The lowest BCUT2D eigenvalue weighted by Crippen LogP contribution is -2.45. The summed E-state index contributed by atoms with van der Waals surface area (Å²) in [5.74, 6) is 2.10. The van der Waals surface area contributed by atoms with E-state index in [0.29, 0.717) is 15.1 Å². The zero-order chi connectivity index (χ0) is 15.0. The molecule has 0 fully saturated rings. The van der Waals surface area contributed by atoms with Crippen LogP contribution in [0.3, 0.4) is 0 Å². The fraction of sp³-hybridized carbons (Fsp3) is 0.467. The van der Waals surface area contributed by atoms with Gasteiger partial charge in [0.1, 0.15) is 12.2 Å². The summed E-state index contributed by atoms with van der Waals surface area (Å²) in [7, 11) is 0. The van der Waals surface area contributed by atoms with Gasteiger partial charge in [0.15, 0.2) is 0 Å². The first kappa shape index (κ1) is 15.1. The van der Waals surface area contributed by atoms with Crippen LogP contribution in [0.25, 0.3) is 5.69 Å². The number of benzene rings is 1. The normalized spacial score (nSPS) is 14.9. The molecule has 0 spiro atoms. The Balaban J connectivity index is 2.24. The summed E-state index contributed by atoms with van der Waals surface area (Å²) in [5, 5.41) is 1.65. The minimum atomic E-state index is 0.544. The Morgan fingerprint density at radius 2 is 1.86 bits per heavy atom. The molecule has 3 nitrogen and oxygen atoms in total. The summed E-state index contributed by atoms with van der Waals surface area (Å²) in [6.07, 6.45) is 5.39. The van der Waals surface area contributed by atoms with E-state index in [4.69, 9.17) is 39.8 Å². The molecule has 0 aliphatic carbocycles. The molecule has 3 rings (SSSR count). The van der Waals surface area contributed by atoms with Crippen molar-refractivity contribution < 1.29 is 4.68 Å². The Labute approximate surface area is 139 Å². The molecule has 6 heteroatoms. The van der Waals surface area contributed by atoms with Crippen molar-refractivity contribution in [3.63, 3.8) is 0 Å². The van der Waals surface area contributed by atoms with Crippen LogP contribution in [-0.4, -0.2) is 9.67 Å². The van der Waals surface area contributed by atoms with Gasteiger partial charge in [0.05, 0.1) is 16.5 Å². The molecule has 2 aromatic rings. The number of aromatic nitrogens is 3. The maximum Gasteiger partial charge on any atom is 0.319 e. The molecule has 0 amide bonds. The molecular formula is C15H17Cl3N3+. The Bertz CT molecular complexity index is 656. The van der Waals surface area contributed by atoms with Gasteiger partial charge in [0.25, 0.3) is 5.82 Å². The van der Waals surface area contributed by atoms with Gasteiger partial charge in [-0.3, -0.25) is 0 Å². The summed E-state index contributed by atoms with van der Waals surface area (Å²) < 4.78 is 4.29. The molecule has 1 aliphatic rings. The van der Waals surface area contributed by atoms with Crippen LogP contribution in [0, 0.1) is 0 Å². The summed E-state index contributed by atoms with van der Waals surface area (Å²) in [6.45, 7) is 3.04. The Hall–Kier alpha value is -0.770. The molecule has 112 valence electrons. The predicted molar refractivity (Wildman–Crippen MR) is 85.7 cm³/mol. The molecule has 1 aromatic heterocycles. The molecule has 0 atom stereocenters. The van der Waals surface area contributed by atoms with E-state index in [1.807, 2.05) is 0 Å². The van der Waals surface area contributed by atoms with Crippen molar-refractivity contribution in [2.45, 2.75) is 45.6 Å². The third-order valence-electron chi connectivity index (χ3n) is 3.82. The third kappa shape index (κ3) is 2.79. The lowest BCUT2D eigenvalue weighted by atomic mass is 10.2. The van der Waals surface area contributed by atoms with E-state index in [-0.39, 0.29) is 0 Å². The maximum atomic E-state index is 6.41. The second kappa shape index (κ2) is 6.15. The number of hydrogen-bond donors (Lipinski definition) is 0. The van der Waals surface area contributed by atoms with Crippen molar-refractivity contribution in [3.8, 4) is 5.69 Å². The van der Waals surface area contributed by atoms with Gasteiger partial charge >= 0.3 is 5.82 Å². The molecule has 0 radical (unpaired) electrons. The average Bonchev–Trinajstić information content (AvgIpc) is 2.61. The Morgan fingerprint density at radius 3 is 2.52 bits per heavy atom. The molecule has 21 heavy (non-hydrogen) atoms. The SMILES string of the molecule is CCc1nc2[n+](n1-c1c(Cl)cc(Cl)cc1Cl)CCCCC2. The maximum absolute atomic E-state index is 6.41. The smallest absolute Gasteiger partial charge is 0.149 e. The second-order valence-electron chi connectivity index (χ2n) is 5.26. The minimum Gasteiger partial charge on any atom is -0.149 e. The van der Waals surface area contributed by atoms with Crippen molar-refractivity contribution in [1.29, 1.82) is 0 Å². The Kier molecular flexibility index (Phi) is 4.43. The van der Waals surface area contributed by atoms with Crippen molar-refractivity contribution in [3.05, 3.63) is 38.8 Å². The molecule has 0 N–H and O–H groups in total. The summed E-state index contributed by atoms with van der Waals surface area (Å²) in [4.78, 5) is 4.79. The van der Waals surface area contributed by atoms with Crippen LogP contribution in [0.1, 0.15) is 37.8 Å². The average molecular weight is 346 g/mol.